The molecule has 0 saturated heterocycles. The van der Waals surface area contributed by atoms with Crippen LogP contribution in [-0.4, -0.2) is 24.5 Å². The Bertz CT molecular complexity index is 259. The fourth-order valence-electron chi connectivity index (χ4n) is 3.41. The molecule has 25 heavy (non-hydrogen) atoms. The lowest BCUT2D eigenvalue weighted by molar-refractivity contribution is 0.276. The molecular formula is C24H47N. The van der Waals surface area contributed by atoms with Crippen LogP contribution in [0, 0.1) is 0 Å². The Balaban J connectivity index is 3.30. The van der Waals surface area contributed by atoms with Crippen LogP contribution in [-0.2, 0) is 0 Å². The zero-order valence-electron chi connectivity index (χ0n) is 17.5. The highest BCUT2D eigenvalue weighted by atomic mass is 15.1. The molecule has 0 amide bonds. The van der Waals surface area contributed by atoms with E-state index in [9.17, 15) is 0 Å². The molecule has 0 aliphatic rings. The van der Waals surface area contributed by atoms with Crippen molar-refractivity contribution in [3.8, 4) is 0 Å². The molecule has 0 unspecified atom stereocenters. The largest absolute Gasteiger partial charge is 0.303 e. The van der Waals surface area contributed by atoms with Crippen LogP contribution in [0.25, 0.3) is 0 Å². The van der Waals surface area contributed by atoms with Crippen LogP contribution in [0.15, 0.2) is 25.3 Å². The van der Waals surface area contributed by atoms with E-state index in [1.54, 1.807) is 0 Å². The van der Waals surface area contributed by atoms with Crippen molar-refractivity contribution in [2.75, 3.05) is 19.6 Å². The van der Waals surface area contributed by atoms with Crippen molar-refractivity contribution >= 4 is 0 Å². The van der Waals surface area contributed by atoms with E-state index in [2.05, 4.69) is 25.0 Å². The summed E-state index contributed by atoms with van der Waals surface area (Å²) in [5, 5.41) is 0. The Morgan fingerprint density at radius 1 is 0.520 bits per heavy atom. The Hall–Kier alpha value is -0.560. The quantitative estimate of drug-likeness (QED) is 0.150. The summed E-state index contributed by atoms with van der Waals surface area (Å²) in [6.07, 6.45) is 26.4. The number of hydrogen-bond donors (Lipinski definition) is 0. The second kappa shape index (κ2) is 21.5. The van der Waals surface area contributed by atoms with Gasteiger partial charge in [-0.15, -0.1) is 13.2 Å². The van der Waals surface area contributed by atoms with Gasteiger partial charge in [0.2, 0.25) is 0 Å². The standard InChI is InChI=1S/C24H47N/c1-4-7-10-11-12-13-14-15-16-17-18-19-20-21-24-25(22-8-5-2)23-9-6-3/h5-6H,2-4,7-24H2,1H3. The molecule has 0 atom stereocenters. The molecule has 0 heterocycles. The van der Waals surface area contributed by atoms with Gasteiger partial charge in [-0.2, -0.15) is 0 Å². The van der Waals surface area contributed by atoms with Crippen LogP contribution >= 0.6 is 0 Å². The average molecular weight is 350 g/mol. The van der Waals surface area contributed by atoms with E-state index < -0.39 is 0 Å². The summed E-state index contributed by atoms with van der Waals surface area (Å²) in [7, 11) is 0. The van der Waals surface area contributed by atoms with E-state index in [-0.39, 0.29) is 0 Å². The Kier molecular flexibility index (Phi) is 21.0. The summed E-state index contributed by atoms with van der Waals surface area (Å²) in [5.74, 6) is 0. The van der Waals surface area contributed by atoms with E-state index in [1.165, 1.54) is 96.4 Å². The van der Waals surface area contributed by atoms with E-state index in [4.69, 9.17) is 0 Å². The highest BCUT2D eigenvalue weighted by Gasteiger charge is 2.02. The summed E-state index contributed by atoms with van der Waals surface area (Å²) in [5.41, 5.74) is 0. The van der Waals surface area contributed by atoms with E-state index in [0.29, 0.717) is 0 Å². The summed E-state index contributed by atoms with van der Waals surface area (Å²) in [6.45, 7) is 13.5. The van der Waals surface area contributed by atoms with Crippen LogP contribution in [0.5, 0.6) is 0 Å². The van der Waals surface area contributed by atoms with Gasteiger partial charge in [-0.05, 0) is 25.8 Å². The van der Waals surface area contributed by atoms with Crippen molar-refractivity contribution in [3.63, 3.8) is 0 Å². The van der Waals surface area contributed by atoms with Gasteiger partial charge in [0, 0.05) is 13.1 Å². The van der Waals surface area contributed by atoms with E-state index in [1.807, 2.05) is 12.2 Å². The highest BCUT2D eigenvalue weighted by molar-refractivity contribution is 4.73. The molecule has 0 radical (unpaired) electrons. The third kappa shape index (κ3) is 19.6. The van der Waals surface area contributed by atoms with Crippen molar-refractivity contribution in [3.05, 3.63) is 25.3 Å². The maximum absolute atomic E-state index is 3.84. The molecular weight excluding hydrogens is 302 g/mol. The lowest BCUT2D eigenvalue weighted by Crippen LogP contribution is -2.26. The van der Waals surface area contributed by atoms with Gasteiger partial charge in [0.05, 0.1) is 0 Å². The molecule has 0 aromatic carbocycles. The maximum Gasteiger partial charge on any atom is 0.00159 e. The van der Waals surface area contributed by atoms with Crippen molar-refractivity contribution in [1.82, 2.24) is 4.90 Å². The summed E-state index contributed by atoms with van der Waals surface area (Å²) in [6, 6.07) is 0. The van der Waals surface area contributed by atoms with Crippen molar-refractivity contribution in [2.24, 2.45) is 0 Å². The Labute approximate surface area is 160 Å². The molecule has 0 fully saturated rings. The topological polar surface area (TPSA) is 3.24 Å². The molecule has 0 aliphatic heterocycles. The SMILES string of the molecule is C=CCCN(CCC=C)CCCCCCCCCCCCCCCC. The fraction of sp³-hybridized carbons (Fsp3) is 0.833. The van der Waals surface area contributed by atoms with Gasteiger partial charge >= 0.3 is 0 Å². The third-order valence-electron chi connectivity index (χ3n) is 5.13. The predicted octanol–water partition coefficient (Wildman–Crippen LogP) is 7.92. The van der Waals surface area contributed by atoms with Crippen LogP contribution in [0.1, 0.15) is 110 Å². The second-order valence-corrected chi connectivity index (χ2v) is 7.59. The first-order valence-electron chi connectivity index (χ1n) is 11.3. The molecule has 0 N–H and O–H groups in total. The molecule has 0 saturated carbocycles. The van der Waals surface area contributed by atoms with Crippen LogP contribution in [0.4, 0.5) is 0 Å². The summed E-state index contributed by atoms with van der Waals surface area (Å²) < 4.78 is 0. The molecule has 0 aromatic heterocycles. The Morgan fingerprint density at radius 3 is 1.24 bits per heavy atom. The smallest absolute Gasteiger partial charge is 0.00159 e. The van der Waals surface area contributed by atoms with Gasteiger partial charge < -0.3 is 4.90 Å². The molecule has 1 nitrogen and oxygen atoms in total. The molecule has 1 heteroatoms. The molecule has 148 valence electrons. The van der Waals surface area contributed by atoms with E-state index in [0.717, 1.165) is 25.9 Å². The third-order valence-corrected chi connectivity index (χ3v) is 5.13. The number of unbranched alkanes of at least 4 members (excludes halogenated alkanes) is 13. The van der Waals surface area contributed by atoms with E-state index >= 15 is 0 Å². The lowest BCUT2D eigenvalue weighted by atomic mass is 10.0. The molecule has 0 bridgehead atoms. The highest BCUT2D eigenvalue weighted by Crippen LogP contribution is 2.13. The molecule has 0 spiro atoms. The van der Waals surface area contributed by atoms with Crippen molar-refractivity contribution in [1.29, 1.82) is 0 Å². The van der Waals surface area contributed by atoms with Gasteiger partial charge in [0.1, 0.15) is 0 Å². The van der Waals surface area contributed by atoms with Crippen molar-refractivity contribution in [2.45, 2.75) is 110 Å². The molecule has 0 aliphatic carbocycles. The first-order valence-corrected chi connectivity index (χ1v) is 11.3. The van der Waals surface area contributed by atoms with Crippen molar-refractivity contribution < 1.29 is 0 Å². The second-order valence-electron chi connectivity index (χ2n) is 7.59. The first kappa shape index (κ1) is 24.4. The van der Waals surface area contributed by atoms with Gasteiger partial charge in [0.15, 0.2) is 0 Å². The van der Waals surface area contributed by atoms with Gasteiger partial charge in [-0.25, -0.2) is 0 Å². The Morgan fingerprint density at radius 2 is 0.880 bits per heavy atom. The zero-order valence-corrected chi connectivity index (χ0v) is 17.5. The van der Waals surface area contributed by atoms with Crippen LogP contribution in [0.2, 0.25) is 0 Å². The predicted molar refractivity (Wildman–Crippen MR) is 116 cm³/mol. The van der Waals surface area contributed by atoms with Gasteiger partial charge in [-0.3, -0.25) is 0 Å². The minimum absolute atomic E-state index is 1.11. The maximum atomic E-state index is 3.84. The zero-order chi connectivity index (χ0) is 18.4. The molecule has 0 rings (SSSR count). The fourth-order valence-corrected chi connectivity index (χ4v) is 3.41. The monoisotopic (exact) mass is 349 g/mol. The van der Waals surface area contributed by atoms with Crippen LogP contribution < -0.4 is 0 Å². The minimum atomic E-state index is 1.11. The number of rotatable bonds is 21. The van der Waals surface area contributed by atoms with Gasteiger partial charge in [-0.1, -0.05) is 103 Å². The van der Waals surface area contributed by atoms with Gasteiger partial charge in [0.25, 0.3) is 0 Å². The summed E-state index contributed by atoms with van der Waals surface area (Å²) >= 11 is 0. The number of hydrogen-bond acceptors (Lipinski definition) is 1. The first-order chi connectivity index (χ1) is 12.3. The molecule has 0 aromatic rings. The summed E-state index contributed by atoms with van der Waals surface area (Å²) in [4.78, 5) is 2.57. The lowest BCUT2D eigenvalue weighted by Gasteiger charge is -2.20. The van der Waals surface area contributed by atoms with Crippen LogP contribution in [0.3, 0.4) is 0 Å². The normalized spacial score (nSPS) is 11.1. The average Bonchev–Trinajstić information content (AvgIpc) is 2.63. The minimum Gasteiger partial charge on any atom is -0.303 e. The number of nitrogens with zero attached hydrogens (tertiary/aromatic N) is 1.